The van der Waals surface area contributed by atoms with Gasteiger partial charge in [0, 0.05) is 32.9 Å². The molecule has 0 saturated heterocycles. The quantitative estimate of drug-likeness (QED) is 0.175. The lowest BCUT2D eigenvalue weighted by molar-refractivity contribution is 0.660. The van der Waals surface area contributed by atoms with E-state index in [0.717, 1.165) is 33.3 Å². The molecule has 0 bridgehead atoms. The number of fused-ring (bicyclic) bond motifs is 9. The molecule has 10 aromatic rings. The van der Waals surface area contributed by atoms with Gasteiger partial charge in [-0.3, -0.25) is 0 Å². The van der Waals surface area contributed by atoms with Crippen molar-refractivity contribution in [1.29, 1.82) is 0 Å². The van der Waals surface area contributed by atoms with Gasteiger partial charge >= 0.3 is 0 Å². The fourth-order valence-electron chi connectivity index (χ4n) is 9.80. The Morgan fingerprint density at radius 3 is 1.75 bits per heavy atom. The molecule has 0 aliphatic heterocycles. The van der Waals surface area contributed by atoms with Gasteiger partial charge in [0.1, 0.15) is 11.2 Å². The van der Waals surface area contributed by atoms with Crippen LogP contribution in [0.3, 0.4) is 0 Å². The molecule has 0 amide bonds. The average Bonchev–Trinajstić information content (AvgIpc) is 3.88. The van der Waals surface area contributed by atoms with E-state index in [4.69, 9.17) is 4.42 Å². The molecule has 0 radical (unpaired) electrons. The summed E-state index contributed by atoms with van der Waals surface area (Å²) in [7, 11) is 0. The van der Waals surface area contributed by atoms with Crippen LogP contribution in [0, 0.1) is 0 Å². The topological polar surface area (TPSA) is 16.4 Å². The van der Waals surface area contributed by atoms with Gasteiger partial charge in [0.15, 0.2) is 0 Å². The monoisotopic (exact) mass is 727 g/mol. The van der Waals surface area contributed by atoms with Crippen LogP contribution in [0.4, 0.5) is 17.1 Å². The summed E-state index contributed by atoms with van der Waals surface area (Å²) >= 11 is 0. The highest BCUT2D eigenvalue weighted by molar-refractivity contribution is 6.19. The van der Waals surface area contributed by atoms with Gasteiger partial charge in [0.2, 0.25) is 0 Å². The Morgan fingerprint density at radius 2 is 0.930 bits per heavy atom. The van der Waals surface area contributed by atoms with Crippen molar-refractivity contribution < 1.29 is 4.42 Å². The van der Waals surface area contributed by atoms with Gasteiger partial charge in [-0.2, -0.15) is 0 Å². The predicted octanol–water partition coefficient (Wildman–Crippen LogP) is 15.5. The molecule has 268 valence electrons. The van der Waals surface area contributed by atoms with Crippen LogP contribution in [-0.2, 0) is 5.41 Å². The predicted molar refractivity (Wildman–Crippen MR) is 239 cm³/mol. The Bertz CT molecular complexity index is 3230. The van der Waals surface area contributed by atoms with Crippen molar-refractivity contribution in [1.82, 2.24) is 0 Å². The minimum atomic E-state index is -0.180. The van der Waals surface area contributed by atoms with Gasteiger partial charge < -0.3 is 9.32 Å². The normalized spacial score (nSPS) is 13.2. The molecule has 0 N–H and O–H groups in total. The zero-order valence-electron chi connectivity index (χ0n) is 31.8. The number of benzene rings is 9. The highest BCUT2D eigenvalue weighted by Gasteiger charge is 2.36. The molecule has 2 nitrogen and oxygen atoms in total. The smallest absolute Gasteiger partial charge is 0.135 e. The van der Waals surface area contributed by atoms with Crippen LogP contribution >= 0.6 is 0 Å². The first-order valence-electron chi connectivity index (χ1n) is 19.8. The summed E-state index contributed by atoms with van der Waals surface area (Å²) < 4.78 is 6.16. The first-order chi connectivity index (χ1) is 28.0. The van der Waals surface area contributed by atoms with Crippen molar-refractivity contribution in [2.24, 2.45) is 0 Å². The van der Waals surface area contributed by atoms with E-state index in [-0.39, 0.29) is 5.41 Å². The molecule has 0 fully saturated rings. The lowest BCUT2D eigenvalue weighted by Crippen LogP contribution is -2.17. The molecule has 0 spiro atoms. The van der Waals surface area contributed by atoms with Crippen LogP contribution in [-0.4, -0.2) is 0 Å². The number of rotatable bonds is 5. The van der Waals surface area contributed by atoms with Crippen molar-refractivity contribution in [3.8, 4) is 55.6 Å². The SMILES string of the molecule is CC1(C)c2cc(-c3ccccc3)ccc2-c2ccc(N(c3ccc(-c4ccc5oc6ccccc6c5c4)cc3)c3ccc4c5c(cccc35)-c3ccccc3-4)cc21. The maximum atomic E-state index is 6.16. The Labute approximate surface area is 331 Å². The lowest BCUT2D eigenvalue weighted by Gasteiger charge is -2.29. The van der Waals surface area contributed by atoms with Gasteiger partial charge in [-0.1, -0.05) is 147 Å². The van der Waals surface area contributed by atoms with Crippen molar-refractivity contribution >= 4 is 49.8 Å². The number of furan rings is 1. The third-order valence-corrected chi connectivity index (χ3v) is 12.6. The van der Waals surface area contributed by atoms with E-state index < -0.39 is 0 Å². The van der Waals surface area contributed by atoms with Gasteiger partial charge in [-0.05, 0) is 127 Å². The first kappa shape index (κ1) is 32.1. The molecule has 57 heavy (non-hydrogen) atoms. The number of anilines is 3. The van der Waals surface area contributed by atoms with Crippen molar-refractivity contribution in [2.45, 2.75) is 19.3 Å². The summed E-state index contributed by atoms with van der Waals surface area (Å²) in [5, 5.41) is 4.85. The summed E-state index contributed by atoms with van der Waals surface area (Å²) in [5.41, 5.74) is 20.5. The fraction of sp³-hybridized carbons (Fsp3) is 0.0545. The Hall–Kier alpha value is -7.16. The standard InChI is InChI=1S/C55H37NO/c1-55(2)49-32-37(34-11-4-3-5-12-34)21-26-42(49)43-27-25-39(33-50(43)55)56(51-29-28-46-41-14-7-6-13-40(41)45-16-10-17-47(51)54(45)46)38-23-19-35(20-24-38)36-22-30-53-48(31-36)44-15-8-9-18-52(44)57-53/h3-33H,1-2H3. The summed E-state index contributed by atoms with van der Waals surface area (Å²) in [4.78, 5) is 2.47. The second-order valence-corrected chi connectivity index (χ2v) is 16.1. The Kier molecular flexibility index (Phi) is 6.72. The highest BCUT2D eigenvalue weighted by Crippen LogP contribution is 2.54. The number of hydrogen-bond donors (Lipinski definition) is 0. The first-order valence-corrected chi connectivity index (χ1v) is 19.8. The van der Waals surface area contributed by atoms with Crippen molar-refractivity contribution in [3.63, 3.8) is 0 Å². The van der Waals surface area contributed by atoms with Gasteiger partial charge in [-0.15, -0.1) is 0 Å². The summed E-state index contributed by atoms with van der Waals surface area (Å²) in [5.74, 6) is 0. The van der Waals surface area contributed by atoms with E-state index in [1.807, 2.05) is 12.1 Å². The van der Waals surface area contributed by atoms with E-state index >= 15 is 0 Å². The zero-order valence-corrected chi connectivity index (χ0v) is 31.8. The Morgan fingerprint density at radius 1 is 0.368 bits per heavy atom. The molecular weight excluding hydrogens is 691 g/mol. The molecule has 12 rings (SSSR count). The molecule has 1 heterocycles. The summed E-state index contributed by atoms with van der Waals surface area (Å²) in [6, 6.07) is 69.0. The van der Waals surface area contributed by atoms with E-state index in [9.17, 15) is 0 Å². The lowest BCUT2D eigenvalue weighted by atomic mass is 9.81. The molecule has 1 aromatic heterocycles. The van der Waals surface area contributed by atoms with Crippen molar-refractivity contribution in [3.05, 3.63) is 199 Å². The Balaban J connectivity index is 1.02. The zero-order chi connectivity index (χ0) is 37.8. The third-order valence-electron chi connectivity index (χ3n) is 12.6. The number of nitrogens with zero attached hydrogens (tertiary/aromatic N) is 1. The van der Waals surface area contributed by atoms with E-state index in [2.05, 4.69) is 195 Å². The van der Waals surface area contributed by atoms with Crippen LogP contribution in [0.1, 0.15) is 25.0 Å². The summed E-state index contributed by atoms with van der Waals surface area (Å²) in [6.07, 6.45) is 0. The minimum Gasteiger partial charge on any atom is -0.456 e. The number of hydrogen-bond acceptors (Lipinski definition) is 2. The number of para-hydroxylation sites is 1. The molecule has 0 atom stereocenters. The molecule has 0 unspecified atom stereocenters. The molecule has 2 aliphatic rings. The van der Waals surface area contributed by atoms with Crippen LogP contribution < -0.4 is 4.90 Å². The second-order valence-electron chi connectivity index (χ2n) is 16.1. The minimum absolute atomic E-state index is 0.180. The molecule has 9 aromatic carbocycles. The maximum absolute atomic E-state index is 6.16. The van der Waals surface area contributed by atoms with E-state index in [0.29, 0.717) is 0 Å². The second kappa shape index (κ2) is 11.9. The van der Waals surface area contributed by atoms with Crippen LogP contribution in [0.15, 0.2) is 192 Å². The molecule has 2 aliphatic carbocycles. The van der Waals surface area contributed by atoms with Crippen molar-refractivity contribution in [2.75, 3.05) is 4.90 Å². The molecule has 2 heteroatoms. The van der Waals surface area contributed by atoms with Gasteiger partial charge in [0.25, 0.3) is 0 Å². The third kappa shape index (κ3) is 4.71. The average molecular weight is 728 g/mol. The van der Waals surface area contributed by atoms with Crippen LogP contribution in [0.5, 0.6) is 0 Å². The molecule has 0 saturated carbocycles. The molecular formula is C55H37NO. The highest BCUT2D eigenvalue weighted by atomic mass is 16.3. The maximum Gasteiger partial charge on any atom is 0.135 e. The van der Waals surface area contributed by atoms with Gasteiger partial charge in [-0.25, -0.2) is 0 Å². The van der Waals surface area contributed by atoms with E-state index in [1.54, 1.807) is 0 Å². The van der Waals surface area contributed by atoms with E-state index in [1.165, 1.54) is 83.2 Å². The largest absolute Gasteiger partial charge is 0.456 e. The summed E-state index contributed by atoms with van der Waals surface area (Å²) in [6.45, 7) is 4.76. The van der Waals surface area contributed by atoms with Crippen LogP contribution in [0.2, 0.25) is 0 Å². The van der Waals surface area contributed by atoms with Gasteiger partial charge in [0.05, 0.1) is 5.69 Å². The fourth-order valence-corrected chi connectivity index (χ4v) is 9.80. The van der Waals surface area contributed by atoms with Crippen LogP contribution in [0.25, 0.3) is 88.3 Å².